The van der Waals surface area contributed by atoms with Crippen LogP contribution < -0.4 is 0 Å². The molecular formula is C10H14O. The molecular weight excluding hydrogens is 136 g/mol. The zero-order valence-corrected chi connectivity index (χ0v) is 7.40. The van der Waals surface area contributed by atoms with Crippen LogP contribution in [0.15, 0.2) is 0 Å². The SMILES string of the molecule is CC(C)(C)C(=O)C#CC1CC1. The zero-order valence-electron chi connectivity index (χ0n) is 7.40. The summed E-state index contributed by atoms with van der Waals surface area (Å²) in [7, 11) is 0. The summed E-state index contributed by atoms with van der Waals surface area (Å²) in [6.07, 6.45) is 2.37. The van der Waals surface area contributed by atoms with Crippen molar-refractivity contribution >= 4 is 5.78 Å². The highest BCUT2D eigenvalue weighted by atomic mass is 16.1. The van der Waals surface area contributed by atoms with Gasteiger partial charge in [-0.05, 0) is 18.8 Å². The van der Waals surface area contributed by atoms with Crippen LogP contribution in [0.5, 0.6) is 0 Å². The van der Waals surface area contributed by atoms with Crippen LogP contribution in [-0.4, -0.2) is 5.78 Å². The molecule has 0 atom stereocenters. The molecule has 0 spiro atoms. The molecule has 60 valence electrons. The van der Waals surface area contributed by atoms with Crippen molar-refractivity contribution < 1.29 is 4.79 Å². The van der Waals surface area contributed by atoms with E-state index in [4.69, 9.17) is 0 Å². The lowest BCUT2D eigenvalue weighted by Crippen LogP contribution is -2.17. The average molecular weight is 150 g/mol. The Morgan fingerprint density at radius 2 is 1.91 bits per heavy atom. The molecule has 0 amide bonds. The van der Waals surface area contributed by atoms with E-state index in [0.29, 0.717) is 5.92 Å². The fourth-order valence-electron chi connectivity index (χ4n) is 0.583. The van der Waals surface area contributed by atoms with Gasteiger partial charge in [0.25, 0.3) is 0 Å². The number of carbonyl (C=O) groups is 1. The topological polar surface area (TPSA) is 17.1 Å². The molecule has 0 saturated heterocycles. The number of hydrogen-bond donors (Lipinski definition) is 0. The van der Waals surface area contributed by atoms with Gasteiger partial charge >= 0.3 is 0 Å². The zero-order chi connectivity index (χ0) is 8.48. The minimum absolute atomic E-state index is 0.0596. The van der Waals surface area contributed by atoms with Gasteiger partial charge < -0.3 is 0 Å². The lowest BCUT2D eigenvalue weighted by molar-refractivity contribution is -0.120. The second kappa shape index (κ2) is 2.70. The summed E-state index contributed by atoms with van der Waals surface area (Å²) in [6.45, 7) is 5.70. The molecule has 1 aliphatic carbocycles. The van der Waals surface area contributed by atoms with Crippen molar-refractivity contribution in [2.75, 3.05) is 0 Å². The Hall–Kier alpha value is -0.770. The normalized spacial score (nSPS) is 17.0. The molecule has 1 heteroatoms. The molecule has 0 aliphatic heterocycles. The summed E-state index contributed by atoms with van der Waals surface area (Å²) in [4.78, 5) is 11.2. The molecule has 1 saturated carbocycles. The maximum absolute atomic E-state index is 11.2. The number of rotatable bonds is 0. The Morgan fingerprint density at radius 3 is 2.27 bits per heavy atom. The fourth-order valence-corrected chi connectivity index (χ4v) is 0.583. The van der Waals surface area contributed by atoms with E-state index in [1.165, 1.54) is 12.8 Å². The summed E-state index contributed by atoms with van der Waals surface area (Å²) < 4.78 is 0. The highest BCUT2D eigenvalue weighted by Gasteiger charge is 2.21. The molecule has 0 N–H and O–H groups in total. The molecule has 1 nitrogen and oxygen atoms in total. The van der Waals surface area contributed by atoms with E-state index in [9.17, 15) is 4.79 Å². The molecule has 1 aliphatic rings. The summed E-state index contributed by atoms with van der Waals surface area (Å²) in [5.74, 6) is 6.25. The van der Waals surface area contributed by atoms with E-state index in [-0.39, 0.29) is 11.2 Å². The first-order chi connectivity index (χ1) is 5.00. The van der Waals surface area contributed by atoms with Gasteiger partial charge in [0.15, 0.2) is 0 Å². The van der Waals surface area contributed by atoms with Crippen LogP contribution in [0, 0.1) is 23.2 Å². The van der Waals surface area contributed by atoms with Gasteiger partial charge in [-0.2, -0.15) is 0 Å². The van der Waals surface area contributed by atoms with Crippen LogP contribution in [0.1, 0.15) is 33.6 Å². The molecule has 1 rings (SSSR count). The Kier molecular flexibility index (Phi) is 2.04. The van der Waals surface area contributed by atoms with Gasteiger partial charge in [-0.25, -0.2) is 0 Å². The summed E-state index contributed by atoms with van der Waals surface area (Å²) in [6, 6.07) is 0. The van der Waals surface area contributed by atoms with E-state index in [1.54, 1.807) is 0 Å². The van der Waals surface area contributed by atoms with Crippen molar-refractivity contribution in [2.24, 2.45) is 11.3 Å². The van der Waals surface area contributed by atoms with E-state index in [2.05, 4.69) is 11.8 Å². The van der Waals surface area contributed by atoms with Crippen molar-refractivity contribution in [2.45, 2.75) is 33.6 Å². The van der Waals surface area contributed by atoms with Crippen LogP contribution >= 0.6 is 0 Å². The van der Waals surface area contributed by atoms with Crippen molar-refractivity contribution in [3.8, 4) is 11.8 Å². The monoisotopic (exact) mass is 150 g/mol. The molecule has 0 heterocycles. The minimum atomic E-state index is -0.290. The predicted octanol–water partition coefficient (Wildman–Crippen LogP) is 2.02. The number of hydrogen-bond acceptors (Lipinski definition) is 1. The van der Waals surface area contributed by atoms with Crippen molar-refractivity contribution in [1.29, 1.82) is 0 Å². The largest absolute Gasteiger partial charge is 0.284 e. The Balaban J connectivity index is 2.50. The van der Waals surface area contributed by atoms with Crippen LogP contribution in [0.25, 0.3) is 0 Å². The number of Topliss-reactive ketones (excluding diaryl/α,β-unsaturated/α-hetero) is 1. The Labute approximate surface area is 68.2 Å². The summed E-state index contributed by atoms with van der Waals surface area (Å²) in [5, 5.41) is 0. The van der Waals surface area contributed by atoms with E-state index in [1.807, 2.05) is 20.8 Å². The van der Waals surface area contributed by atoms with Crippen LogP contribution in [0.2, 0.25) is 0 Å². The third-order valence-corrected chi connectivity index (χ3v) is 1.65. The quantitative estimate of drug-likeness (QED) is 0.381. The first kappa shape index (κ1) is 8.33. The molecule has 0 aromatic carbocycles. The number of ketones is 1. The first-order valence-electron chi connectivity index (χ1n) is 4.06. The highest BCUT2D eigenvalue weighted by Crippen LogP contribution is 2.27. The van der Waals surface area contributed by atoms with Gasteiger partial charge in [-0.15, -0.1) is 0 Å². The predicted molar refractivity (Wildman–Crippen MR) is 45.0 cm³/mol. The van der Waals surface area contributed by atoms with Gasteiger partial charge in [0, 0.05) is 11.3 Å². The first-order valence-corrected chi connectivity index (χ1v) is 4.06. The molecule has 1 fully saturated rings. The van der Waals surface area contributed by atoms with E-state index >= 15 is 0 Å². The lowest BCUT2D eigenvalue weighted by Gasteiger charge is -2.10. The average Bonchev–Trinajstić information content (AvgIpc) is 2.62. The van der Waals surface area contributed by atoms with E-state index < -0.39 is 0 Å². The molecule has 0 radical (unpaired) electrons. The standard InChI is InChI=1S/C10H14O/c1-10(2,3)9(11)7-6-8-4-5-8/h8H,4-5H2,1-3H3. The maximum Gasteiger partial charge on any atom is 0.210 e. The molecule has 0 unspecified atom stereocenters. The minimum Gasteiger partial charge on any atom is -0.284 e. The van der Waals surface area contributed by atoms with Gasteiger partial charge in [-0.1, -0.05) is 26.7 Å². The van der Waals surface area contributed by atoms with Crippen LogP contribution in [0.3, 0.4) is 0 Å². The maximum atomic E-state index is 11.2. The van der Waals surface area contributed by atoms with Gasteiger partial charge in [-0.3, -0.25) is 4.79 Å². The molecule has 0 aromatic heterocycles. The van der Waals surface area contributed by atoms with E-state index in [0.717, 1.165) is 0 Å². The molecule has 11 heavy (non-hydrogen) atoms. The lowest BCUT2D eigenvalue weighted by atomic mass is 9.91. The molecule has 0 bridgehead atoms. The third kappa shape index (κ3) is 2.76. The smallest absolute Gasteiger partial charge is 0.210 e. The van der Waals surface area contributed by atoms with Crippen molar-refractivity contribution in [1.82, 2.24) is 0 Å². The second-order valence-corrected chi connectivity index (χ2v) is 4.12. The summed E-state index contributed by atoms with van der Waals surface area (Å²) in [5.41, 5.74) is -0.290. The fraction of sp³-hybridized carbons (Fsp3) is 0.700. The van der Waals surface area contributed by atoms with Gasteiger partial charge in [0.2, 0.25) is 5.78 Å². The highest BCUT2D eigenvalue weighted by molar-refractivity contribution is 5.99. The van der Waals surface area contributed by atoms with Gasteiger partial charge in [0.1, 0.15) is 0 Å². The Bertz CT molecular complexity index is 217. The third-order valence-electron chi connectivity index (χ3n) is 1.65. The summed E-state index contributed by atoms with van der Waals surface area (Å²) >= 11 is 0. The number of carbonyl (C=O) groups excluding carboxylic acids is 1. The second-order valence-electron chi connectivity index (χ2n) is 4.12. The van der Waals surface area contributed by atoms with Crippen LogP contribution in [0.4, 0.5) is 0 Å². The van der Waals surface area contributed by atoms with Crippen LogP contribution in [-0.2, 0) is 4.79 Å². The van der Waals surface area contributed by atoms with Crippen molar-refractivity contribution in [3.63, 3.8) is 0 Å². The Morgan fingerprint density at radius 1 is 1.36 bits per heavy atom. The molecule has 0 aromatic rings. The van der Waals surface area contributed by atoms with Crippen molar-refractivity contribution in [3.05, 3.63) is 0 Å². The van der Waals surface area contributed by atoms with Gasteiger partial charge in [0.05, 0.1) is 0 Å².